The Morgan fingerprint density at radius 2 is 1.48 bits per heavy atom. The fraction of sp³-hybridized carbons (Fsp3) is 0.333. The standard InChI is InChI=1S/C21H18Cl3FN2O4/c22-12-1-4-17(16(25)5-12)31-8-19(29)27-21-9-20(10-21,11-21)26-18(28)7-30-13-2-3-14(23)15(24)6-13/h1-6H,7-11H2,(H,26,28)(H,27,29). The zero-order valence-corrected chi connectivity index (χ0v) is 18.4. The number of carbonyl (C=O) groups excluding carboxylic acids is 2. The molecule has 0 aliphatic heterocycles. The molecule has 0 aromatic heterocycles. The summed E-state index contributed by atoms with van der Waals surface area (Å²) in [5.41, 5.74) is -0.675. The van der Waals surface area contributed by atoms with E-state index >= 15 is 0 Å². The van der Waals surface area contributed by atoms with Crippen LogP contribution in [-0.2, 0) is 9.59 Å². The molecule has 3 fully saturated rings. The van der Waals surface area contributed by atoms with Gasteiger partial charge in [0, 0.05) is 22.2 Å². The van der Waals surface area contributed by atoms with Crippen LogP contribution in [0.2, 0.25) is 15.1 Å². The number of hydrogen-bond donors (Lipinski definition) is 2. The van der Waals surface area contributed by atoms with Crippen LogP contribution in [0.1, 0.15) is 19.3 Å². The quantitative estimate of drug-likeness (QED) is 0.586. The van der Waals surface area contributed by atoms with Gasteiger partial charge in [0.2, 0.25) is 0 Å². The van der Waals surface area contributed by atoms with Gasteiger partial charge in [-0.15, -0.1) is 0 Å². The lowest BCUT2D eigenvalue weighted by Crippen LogP contribution is -2.84. The lowest BCUT2D eigenvalue weighted by atomic mass is 9.44. The van der Waals surface area contributed by atoms with Crippen molar-refractivity contribution in [1.82, 2.24) is 10.6 Å². The predicted molar refractivity (Wildman–Crippen MR) is 114 cm³/mol. The predicted octanol–water partition coefficient (Wildman–Crippen LogP) is 4.15. The van der Waals surface area contributed by atoms with E-state index in [9.17, 15) is 14.0 Å². The number of benzene rings is 2. The van der Waals surface area contributed by atoms with E-state index in [0.717, 1.165) is 6.07 Å². The summed E-state index contributed by atoms with van der Waals surface area (Å²) < 4.78 is 24.4. The summed E-state index contributed by atoms with van der Waals surface area (Å²) >= 11 is 17.5. The van der Waals surface area contributed by atoms with Crippen molar-refractivity contribution in [2.75, 3.05) is 13.2 Å². The molecule has 2 bridgehead atoms. The van der Waals surface area contributed by atoms with Crippen molar-refractivity contribution < 1.29 is 23.5 Å². The van der Waals surface area contributed by atoms with Gasteiger partial charge >= 0.3 is 0 Å². The molecule has 10 heteroatoms. The summed E-state index contributed by atoms with van der Waals surface area (Å²) in [4.78, 5) is 24.3. The van der Waals surface area contributed by atoms with Crippen molar-refractivity contribution in [3.63, 3.8) is 0 Å². The molecule has 0 saturated heterocycles. The summed E-state index contributed by atoms with van der Waals surface area (Å²) in [5, 5.41) is 6.86. The topological polar surface area (TPSA) is 76.7 Å². The molecule has 2 aromatic rings. The van der Waals surface area contributed by atoms with Crippen LogP contribution in [-0.4, -0.2) is 36.1 Å². The molecule has 0 unspecified atom stereocenters. The van der Waals surface area contributed by atoms with Crippen molar-refractivity contribution in [3.8, 4) is 11.5 Å². The van der Waals surface area contributed by atoms with E-state index in [1.165, 1.54) is 12.1 Å². The first-order valence-electron chi connectivity index (χ1n) is 9.45. The second-order valence-corrected chi connectivity index (χ2v) is 9.17. The third-order valence-corrected chi connectivity index (χ3v) is 6.33. The molecule has 3 saturated carbocycles. The van der Waals surface area contributed by atoms with E-state index in [1.54, 1.807) is 18.2 Å². The van der Waals surface area contributed by atoms with Crippen LogP contribution in [0.5, 0.6) is 11.5 Å². The van der Waals surface area contributed by atoms with E-state index in [2.05, 4.69) is 10.6 Å². The number of nitrogens with one attached hydrogen (secondary N) is 2. The highest BCUT2D eigenvalue weighted by molar-refractivity contribution is 6.42. The van der Waals surface area contributed by atoms with Crippen LogP contribution in [0.4, 0.5) is 4.39 Å². The number of ether oxygens (including phenoxy) is 2. The van der Waals surface area contributed by atoms with Gasteiger partial charge in [-0.25, -0.2) is 4.39 Å². The highest BCUT2D eigenvalue weighted by Gasteiger charge is 2.69. The van der Waals surface area contributed by atoms with Crippen LogP contribution in [0, 0.1) is 5.82 Å². The molecule has 0 spiro atoms. The van der Waals surface area contributed by atoms with Gasteiger partial charge in [-0.2, -0.15) is 0 Å². The van der Waals surface area contributed by atoms with Crippen molar-refractivity contribution in [2.24, 2.45) is 0 Å². The molecule has 164 valence electrons. The summed E-state index contributed by atoms with van der Waals surface area (Å²) in [5.74, 6) is -0.828. The van der Waals surface area contributed by atoms with Crippen LogP contribution < -0.4 is 20.1 Å². The number of carbonyl (C=O) groups is 2. The number of halogens is 4. The van der Waals surface area contributed by atoms with Gasteiger partial charge in [-0.05, 0) is 49.6 Å². The van der Waals surface area contributed by atoms with Gasteiger partial charge < -0.3 is 20.1 Å². The highest BCUT2D eigenvalue weighted by Crippen LogP contribution is 2.60. The molecule has 0 radical (unpaired) electrons. The molecule has 0 atom stereocenters. The molecule has 3 aliphatic carbocycles. The molecular formula is C21H18Cl3FN2O4. The van der Waals surface area contributed by atoms with Crippen molar-refractivity contribution in [3.05, 3.63) is 57.3 Å². The van der Waals surface area contributed by atoms with E-state index in [4.69, 9.17) is 44.3 Å². The first kappa shape index (κ1) is 22.0. The minimum absolute atomic E-state index is 0.0390. The van der Waals surface area contributed by atoms with Gasteiger partial charge in [0.1, 0.15) is 5.75 Å². The fourth-order valence-electron chi connectivity index (χ4n) is 4.17. The first-order valence-corrected chi connectivity index (χ1v) is 10.6. The van der Waals surface area contributed by atoms with Crippen LogP contribution >= 0.6 is 34.8 Å². The SMILES string of the molecule is O=C(COc1ccc(Cl)c(Cl)c1)NC12CC(NC(=O)COc3ccc(Cl)cc3F)(C1)C2. The lowest BCUT2D eigenvalue weighted by Gasteiger charge is -2.70. The average Bonchev–Trinajstić information content (AvgIpc) is 2.65. The summed E-state index contributed by atoms with van der Waals surface area (Å²) in [6, 6.07) is 8.74. The second kappa shape index (κ2) is 8.37. The molecule has 5 rings (SSSR count). The molecule has 0 heterocycles. The Bertz CT molecular complexity index is 1030. The Hall–Kier alpha value is -2.22. The Balaban J connectivity index is 1.18. The fourth-order valence-corrected chi connectivity index (χ4v) is 4.61. The molecule has 2 amide bonds. The van der Waals surface area contributed by atoms with Gasteiger partial charge in [0.15, 0.2) is 24.8 Å². The summed E-state index contributed by atoms with van der Waals surface area (Å²) in [6.45, 7) is -0.462. The third-order valence-electron chi connectivity index (χ3n) is 5.35. The Morgan fingerprint density at radius 1 is 0.871 bits per heavy atom. The number of rotatable bonds is 8. The Morgan fingerprint density at radius 3 is 2.06 bits per heavy atom. The lowest BCUT2D eigenvalue weighted by molar-refractivity contribution is -0.151. The normalized spacial score (nSPS) is 23.2. The van der Waals surface area contributed by atoms with Crippen LogP contribution in [0.25, 0.3) is 0 Å². The summed E-state index contributed by atoms with van der Waals surface area (Å²) in [7, 11) is 0. The van der Waals surface area contributed by atoms with Gasteiger partial charge in [0.25, 0.3) is 11.8 Å². The maximum Gasteiger partial charge on any atom is 0.258 e. The summed E-state index contributed by atoms with van der Waals surface area (Å²) in [6.07, 6.45) is 1.87. The maximum atomic E-state index is 13.7. The number of amides is 2. The van der Waals surface area contributed by atoms with E-state index < -0.39 is 5.82 Å². The maximum absolute atomic E-state index is 13.7. The zero-order valence-electron chi connectivity index (χ0n) is 16.1. The number of hydrogen-bond acceptors (Lipinski definition) is 4. The van der Waals surface area contributed by atoms with Crippen molar-refractivity contribution in [1.29, 1.82) is 0 Å². The van der Waals surface area contributed by atoms with Crippen LogP contribution in [0.15, 0.2) is 36.4 Å². The van der Waals surface area contributed by atoms with Crippen LogP contribution in [0.3, 0.4) is 0 Å². The molecule has 31 heavy (non-hydrogen) atoms. The molecule has 2 aromatic carbocycles. The van der Waals surface area contributed by atoms with Gasteiger partial charge in [-0.3, -0.25) is 9.59 Å². The second-order valence-electron chi connectivity index (χ2n) is 7.92. The Labute approximate surface area is 192 Å². The van der Waals surface area contributed by atoms with E-state index in [0.29, 0.717) is 35.1 Å². The first-order chi connectivity index (χ1) is 14.7. The van der Waals surface area contributed by atoms with E-state index in [-0.39, 0.29) is 46.9 Å². The van der Waals surface area contributed by atoms with Crippen molar-refractivity contribution in [2.45, 2.75) is 30.3 Å². The molecule has 3 aliphatic rings. The van der Waals surface area contributed by atoms with E-state index in [1.807, 2.05) is 0 Å². The molecular weight excluding hydrogens is 470 g/mol. The molecule has 2 N–H and O–H groups in total. The Kier molecular flexibility index (Phi) is 5.94. The largest absolute Gasteiger partial charge is 0.484 e. The zero-order chi connectivity index (χ0) is 22.2. The molecule has 6 nitrogen and oxygen atoms in total. The average molecular weight is 488 g/mol. The minimum atomic E-state index is -0.629. The highest BCUT2D eigenvalue weighted by atomic mass is 35.5. The minimum Gasteiger partial charge on any atom is -0.484 e. The van der Waals surface area contributed by atoms with Crippen molar-refractivity contribution >= 4 is 46.6 Å². The van der Waals surface area contributed by atoms with Gasteiger partial charge in [-0.1, -0.05) is 34.8 Å². The third kappa shape index (κ3) is 4.84. The smallest absolute Gasteiger partial charge is 0.258 e. The van der Waals surface area contributed by atoms with Gasteiger partial charge in [0.05, 0.1) is 10.0 Å². The monoisotopic (exact) mass is 486 g/mol.